The fourth-order valence-corrected chi connectivity index (χ4v) is 3.56. The molecule has 0 amide bonds. The van der Waals surface area contributed by atoms with E-state index in [9.17, 15) is 0 Å². The summed E-state index contributed by atoms with van der Waals surface area (Å²) < 4.78 is 2.88. The van der Waals surface area contributed by atoms with Gasteiger partial charge in [0.2, 0.25) is 0 Å². The molecule has 0 saturated carbocycles. The molecular weight excluding hydrogens is 333 g/mol. The van der Waals surface area contributed by atoms with E-state index in [1.807, 2.05) is 18.2 Å². The third-order valence-corrected chi connectivity index (χ3v) is 5.08. The van der Waals surface area contributed by atoms with Gasteiger partial charge in [-0.25, -0.2) is 0 Å². The lowest BCUT2D eigenvalue weighted by atomic mass is 10.2. The molecule has 1 unspecified atom stereocenters. The molecule has 0 bridgehead atoms. The number of fused-ring (bicyclic) bond motifs is 1. The molecule has 82 valence electrons. The Hall–Kier alpha value is -0.560. The quantitative estimate of drug-likeness (QED) is 0.589. The molecule has 0 radical (unpaired) electrons. The molecule has 1 aliphatic rings. The fraction of sp³-hybridized carbons (Fsp3) is 0.273. The van der Waals surface area contributed by atoms with Crippen LogP contribution in [-0.2, 0) is 6.54 Å². The largest absolute Gasteiger partial charge is 0.301 e. The summed E-state index contributed by atoms with van der Waals surface area (Å²) in [5.41, 5.74) is 1.15. The van der Waals surface area contributed by atoms with Crippen molar-refractivity contribution in [3.8, 4) is 11.4 Å². The Balaban J connectivity index is 2.07. The van der Waals surface area contributed by atoms with Crippen LogP contribution in [-0.4, -0.2) is 24.4 Å². The number of hydrogen-bond acceptors (Lipinski definition) is 3. The summed E-state index contributed by atoms with van der Waals surface area (Å²) in [6, 6.07) is 10.3. The topological polar surface area (TPSA) is 30.7 Å². The highest BCUT2D eigenvalue weighted by molar-refractivity contribution is 14.1. The summed E-state index contributed by atoms with van der Waals surface area (Å²) >= 11 is 4.28. The first kappa shape index (κ1) is 10.6. The number of nitrogens with zero attached hydrogens (tertiary/aromatic N) is 3. The van der Waals surface area contributed by atoms with E-state index in [1.54, 1.807) is 11.8 Å². The van der Waals surface area contributed by atoms with Crippen LogP contribution in [0.2, 0.25) is 0 Å². The van der Waals surface area contributed by atoms with Crippen LogP contribution in [0.5, 0.6) is 0 Å². The molecule has 2 aromatic rings. The van der Waals surface area contributed by atoms with Gasteiger partial charge in [-0.15, -0.1) is 10.2 Å². The van der Waals surface area contributed by atoms with Crippen LogP contribution in [0.1, 0.15) is 0 Å². The highest BCUT2D eigenvalue weighted by atomic mass is 127. The third kappa shape index (κ3) is 1.86. The Morgan fingerprint density at radius 1 is 1.25 bits per heavy atom. The number of halogens is 1. The first-order valence-electron chi connectivity index (χ1n) is 5.10. The minimum Gasteiger partial charge on any atom is -0.301 e. The molecule has 1 aromatic carbocycles. The van der Waals surface area contributed by atoms with Crippen LogP contribution in [0.15, 0.2) is 35.5 Å². The molecule has 2 heterocycles. The zero-order chi connectivity index (χ0) is 11.0. The monoisotopic (exact) mass is 343 g/mol. The maximum Gasteiger partial charge on any atom is 0.191 e. The van der Waals surface area contributed by atoms with Gasteiger partial charge in [0.1, 0.15) is 0 Å². The van der Waals surface area contributed by atoms with Crippen molar-refractivity contribution in [1.82, 2.24) is 14.8 Å². The second kappa shape index (κ2) is 4.37. The molecule has 0 N–H and O–H groups in total. The molecule has 0 aliphatic carbocycles. The second-order valence-corrected chi connectivity index (χ2v) is 6.44. The van der Waals surface area contributed by atoms with Crippen LogP contribution < -0.4 is 0 Å². The Morgan fingerprint density at radius 2 is 2.06 bits per heavy atom. The molecule has 0 saturated heterocycles. The predicted octanol–water partition coefficient (Wildman–Crippen LogP) is 2.85. The molecule has 1 atom stereocenters. The molecule has 3 nitrogen and oxygen atoms in total. The summed E-state index contributed by atoms with van der Waals surface area (Å²) in [6.07, 6.45) is 0. The molecule has 1 aromatic heterocycles. The van der Waals surface area contributed by atoms with Crippen LogP contribution in [0.4, 0.5) is 0 Å². The lowest BCUT2D eigenvalue weighted by Crippen LogP contribution is -2.19. The van der Waals surface area contributed by atoms with Crippen molar-refractivity contribution in [3.63, 3.8) is 0 Å². The zero-order valence-electron chi connectivity index (χ0n) is 8.51. The Kier molecular flexibility index (Phi) is 2.89. The summed E-state index contributed by atoms with van der Waals surface area (Å²) in [4.78, 5) is 0. The molecule has 0 fully saturated rings. The normalized spacial score (nSPS) is 19.4. The van der Waals surface area contributed by atoms with E-state index in [0.717, 1.165) is 28.8 Å². The van der Waals surface area contributed by atoms with Gasteiger partial charge in [-0.2, -0.15) is 0 Å². The predicted molar refractivity (Wildman–Crippen MR) is 74.0 cm³/mol. The maximum atomic E-state index is 4.29. The zero-order valence-corrected chi connectivity index (χ0v) is 11.5. The van der Waals surface area contributed by atoms with E-state index in [0.29, 0.717) is 3.92 Å². The van der Waals surface area contributed by atoms with Crippen molar-refractivity contribution in [1.29, 1.82) is 0 Å². The van der Waals surface area contributed by atoms with Crippen molar-refractivity contribution >= 4 is 34.4 Å². The molecular formula is C11H10IN3S. The minimum absolute atomic E-state index is 0.661. The fourth-order valence-electron chi connectivity index (χ4n) is 1.78. The van der Waals surface area contributed by atoms with Gasteiger partial charge < -0.3 is 4.57 Å². The molecule has 16 heavy (non-hydrogen) atoms. The average molecular weight is 343 g/mol. The van der Waals surface area contributed by atoms with Crippen LogP contribution in [0.25, 0.3) is 11.4 Å². The third-order valence-electron chi connectivity index (χ3n) is 2.52. The summed E-state index contributed by atoms with van der Waals surface area (Å²) in [5, 5.41) is 9.58. The lowest BCUT2D eigenvalue weighted by molar-refractivity contribution is 0.634. The van der Waals surface area contributed by atoms with Gasteiger partial charge in [0, 0.05) is 21.8 Å². The van der Waals surface area contributed by atoms with Gasteiger partial charge in [-0.3, -0.25) is 0 Å². The summed E-state index contributed by atoms with van der Waals surface area (Å²) in [5.74, 6) is 2.12. The maximum absolute atomic E-state index is 4.29. The second-order valence-electron chi connectivity index (χ2n) is 3.69. The van der Waals surface area contributed by atoms with Crippen LogP contribution >= 0.6 is 34.4 Å². The highest BCUT2D eigenvalue weighted by Crippen LogP contribution is 2.30. The standard InChI is InChI=1S/C11H10IN3S/c12-9-6-15-10(8-4-2-1-3-5-8)13-14-11(15)16-7-9/h1-5,9H,6-7H2. The van der Waals surface area contributed by atoms with Crippen molar-refractivity contribution < 1.29 is 0 Å². The first-order valence-corrected chi connectivity index (χ1v) is 7.33. The smallest absolute Gasteiger partial charge is 0.191 e. The van der Waals surface area contributed by atoms with E-state index in [4.69, 9.17) is 0 Å². The Morgan fingerprint density at radius 3 is 2.88 bits per heavy atom. The van der Waals surface area contributed by atoms with E-state index in [1.165, 1.54) is 0 Å². The Bertz CT molecular complexity index is 497. The van der Waals surface area contributed by atoms with Crippen molar-refractivity contribution in [3.05, 3.63) is 30.3 Å². The van der Waals surface area contributed by atoms with E-state index >= 15 is 0 Å². The van der Waals surface area contributed by atoms with Crippen LogP contribution in [0, 0.1) is 0 Å². The van der Waals surface area contributed by atoms with Gasteiger partial charge in [0.05, 0.1) is 0 Å². The number of rotatable bonds is 1. The van der Waals surface area contributed by atoms with Crippen molar-refractivity contribution in [2.24, 2.45) is 0 Å². The van der Waals surface area contributed by atoms with E-state index in [-0.39, 0.29) is 0 Å². The number of hydrogen-bond donors (Lipinski definition) is 0. The molecule has 5 heteroatoms. The lowest BCUT2D eigenvalue weighted by Gasteiger charge is -2.18. The van der Waals surface area contributed by atoms with E-state index < -0.39 is 0 Å². The molecule has 3 rings (SSSR count). The van der Waals surface area contributed by atoms with Gasteiger partial charge in [0.15, 0.2) is 11.0 Å². The van der Waals surface area contributed by atoms with Crippen molar-refractivity contribution in [2.75, 3.05) is 5.75 Å². The number of alkyl halides is 1. The number of thioether (sulfide) groups is 1. The average Bonchev–Trinajstić information content (AvgIpc) is 2.73. The van der Waals surface area contributed by atoms with E-state index in [2.05, 4.69) is 49.5 Å². The van der Waals surface area contributed by atoms with Gasteiger partial charge in [-0.05, 0) is 0 Å². The SMILES string of the molecule is IC1CSc2nnc(-c3ccccc3)n2C1. The van der Waals surface area contributed by atoms with Gasteiger partial charge in [-0.1, -0.05) is 64.7 Å². The molecule has 1 aliphatic heterocycles. The number of benzene rings is 1. The minimum atomic E-state index is 0.661. The number of aromatic nitrogens is 3. The first-order chi connectivity index (χ1) is 7.84. The van der Waals surface area contributed by atoms with Gasteiger partial charge >= 0.3 is 0 Å². The summed E-state index contributed by atoms with van der Waals surface area (Å²) in [6.45, 7) is 1.01. The van der Waals surface area contributed by atoms with Gasteiger partial charge in [0.25, 0.3) is 0 Å². The van der Waals surface area contributed by atoms with Crippen LogP contribution in [0.3, 0.4) is 0 Å². The highest BCUT2D eigenvalue weighted by Gasteiger charge is 2.22. The Labute approximate surface area is 112 Å². The molecule has 0 spiro atoms. The van der Waals surface area contributed by atoms with Crippen molar-refractivity contribution in [2.45, 2.75) is 15.6 Å². The summed E-state index contributed by atoms with van der Waals surface area (Å²) in [7, 11) is 0.